The van der Waals surface area contributed by atoms with Gasteiger partial charge in [0.15, 0.2) is 0 Å². The molecule has 5 rings (SSSR count). The van der Waals surface area contributed by atoms with Gasteiger partial charge in [0.05, 0.1) is 16.9 Å². The van der Waals surface area contributed by atoms with Crippen LogP contribution in [0, 0.1) is 52.2 Å². The van der Waals surface area contributed by atoms with Crippen LogP contribution in [0.2, 0.25) is 0 Å². The molecule has 0 radical (unpaired) electrons. The molecule has 0 saturated heterocycles. The molecule has 1 aromatic rings. The summed E-state index contributed by atoms with van der Waals surface area (Å²) in [5.41, 5.74) is -0.606. The molecule has 8 atom stereocenters. The Balaban J connectivity index is 1.33. The lowest BCUT2D eigenvalue weighted by Crippen LogP contribution is -2.58. The van der Waals surface area contributed by atoms with Crippen LogP contribution in [-0.2, 0) is 4.79 Å². The van der Waals surface area contributed by atoms with E-state index < -0.39 is 17.1 Å². The van der Waals surface area contributed by atoms with E-state index in [1.807, 2.05) is 13.0 Å². The first-order valence-electron chi connectivity index (χ1n) is 13.2. The molecule has 0 amide bonds. The predicted molar refractivity (Wildman–Crippen MR) is 130 cm³/mol. The number of hydrogen-bond donors (Lipinski definition) is 2. The van der Waals surface area contributed by atoms with Crippen LogP contribution >= 0.6 is 0 Å². The number of hydrogen-bond acceptors (Lipinski definition) is 4. The molecule has 0 unspecified atom stereocenters. The van der Waals surface area contributed by atoms with Crippen molar-refractivity contribution < 1.29 is 18.7 Å². The van der Waals surface area contributed by atoms with Crippen LogP contribution in [0.15, 0.2) is 23.8 Å². The molecule has 4 aliphatic rings. The van der Waals surface area contributed by atoms with Crippen molar-refractivity contribution in [2.45, 2.75) is 82.9 Å². The third-order valence-electron chi connectivity index (χ3n) is 10.4. The minimum Gasteiger partial charge on any atom is -0.390 e. The summed E-state index contributed by atoms with van der Waals surface area (Å²) in [6.45, 7) is 4.41. The summed E-state index contributed by atoms with van der Waals surface area (Å²) >= 11 is 0. The summed E-state index contributed by atoms with van der Waals surface area (Å²) < 4.78 is 30.1. The highest BCUT2D eigenvalue weighted by molar-refractivity contribution is 5.61. The van der Waals surface area contributed by atoms with Crippen LogP contribution in [0.25, 0.3) is 0 Å². The first-order chi connectivity index (χ1) is 16.6. The Morgan fingerprint density at radius 1 is 1.14 bits per heavy atom. The number of nitrogens with one attached hydrogen (secondary N) is 1. The lowest BCUT2D eigenvalue weighted by Gasteiger charge is -2.59. The minimum absolute atomic E-state index is 0.0475. The Hall–Kier alpha value is -2.22. The van der Waals surface area contributed by atoms with Gasteiger partial charge in [-0.3, -0.25) is 0 Å². The van der Waals surface area contributed by atoms with Gasteiger partial charge in [-0.25, -0.2) is 13.6 Å². The number of carbonyl (C=O) groups excluding carboxylic acids is 1. The fourth-order valence-corrected chi connectivity index (χ4v) is 8.73. The maximum absolute atomic E-state index is 16.6. The van der Waals surface area contributed by atoms with E-state index in [9.17, 15) is 19.6 Å². The van der Waals surface area contributed by atoms with Gasteiger partial charge in [0.25, 0.3) is 0 Å². The maximum atomic E-state index is 16.6. The first kappa shape index (κ1) is 24.5. The van der Waals surface area contributed by atoms with Gasteiger partial charge in [0, 0.05) is 12.1 Å². The first-order valence-corrected chi connectivity index (χ1v) is 13.2. The van der Waals surface area contributed by atoms with Gasteiger partial charge in [0.1, 0.15) is 23.5 Å². The van der Waals surface area contributed by atoms with Crippen molar-refractivity contribution >= 4 is 11.6 Å². The molecule has 6 heteroatoms. The number of alkyl halides is 1. The van der Waals surface area contributed by atoms with Gasteiger partial charge in [-0.15, -0.1) is 0 Å². The number of benzene rings is 1. The normalized spacial score (nSPS) is 42.1. The Labute approximate surface area is 206 Å². The molecular weight excluding hydrogens is 446 g/mol. The topological polar surface area (TPSA) is 73.1 Å². The molecule has 4 saturated carbocycles. The van der Waals surface area contributed by atoms with Gasteiger partial charge >= 0.3 is 0 Å². The van der Waals surface area contributed by atoms with Gasteiger partial charge < -0.3 is 10.4 Å². The van der Waals surface area contributed by atoms with E-state index in [4.69, 9.17) is 0 Å². The average molecular weight is 483 g/mol. The molecule has 0 spiro atoms. The molecule has 2 N–H and O–H groups in total. The van der Waals surface area contributed by atoms with E-state index in [1.54, 1.807) is 0 Å². The van der Waals surface area contributed by atoms with Gasteiger partial charge in [0.2, 0.25) is 0 Å². The number of rotatable bonds is 4. The largest absolute Gasteiger partial charge is 0.390 e. The van der Waals surface area contributed by atoms with E-state index in [0.717, 1.165) is 38.5 Å². The SMILES string of the molecule is C[C@@]1(O)CC[C@@]2(F)[C@H](CC[C@H]3[C@@H]4CC[C@H](C(=C=O)CNc5ccc(F)cc5C#N)[C@@]4(C)CC[C@@H]32)C1. The van der Waals surface area contributed by atoms with Gasteiger partial charge in [-0.2, -0.15) is 5.26 Å². The van der Waals surface area contributed by atoms with E-state index in [-0.39, 0.29) is 35.3 Å². The lowest BCUT2D eigenvalue weighted by atomic mass is 9.47. The van der Waals surface area contributed by atoms with E-state index in [1.165, 1.54) is 18.2 Å². The van der Waals surface area contributed by atoms with Gasteiger partial charge in [-0.05, 0) is 118 Å². The van der Waals surface area contributed by atoms with Crippen molar-refractivity contribution in [3.05, 3.63) is 35.2 Å². The van der Waals surface area contributed by atoms with Crippen LogP contribution in [-0.4, -0.2) is 28.9 Å². The van der Waals surface area contributed by atoms with Crippen molar-refractivity contribution in [2.75, 3.05) is 11.9 Å². The number of nitrogens with zero attached hydrogens (tertiary/aromatic N) is 1. The summed E-state index contributed by atoms with van der Waals surface area (Å²) in [5, 5.41) is 23.1. The highest BCUT2D eigenvalue weighted by Gasteiger charge is 2.63. The molecule has 188 valence electrons. The van der Waals surface area contributed by atoms with Crippen LogP contribution < -0.4 is 5.32 Å². The summed E-state index contributed by atoms with van der Waals surface area (Å²) in [6.07, 6.45) is 7.01. The zero-order chi connectivity index (χ0) is 25.0. The fourth-order valence-electron chi connectivity index (χ4n) is 8.73. The molecule has 1 aromatic carbocycles. The Kier molecular flexibility index (Phi) is 6.09. The number of aliphatic hydroxyl groups is 1. The molecule has 0 bridgehead atoms. The van der Waals surface area contributed by atoms with Crippen molar-refractivity contribution in [3.63, 3.8) is 0 Å². The van der Waals surface area contributed by atoms with E-state index in [0.29, 0.717) is 42.4 Å². The summed E-state index contributed by atoms with van der Waals surface area (Å²) in [4.78, 5) is 12.1. The highest BCUT2D eigenvalue weighted by Crippen LogP contribution is 2.67. The smallest absolute Gasteiger partial charge is 0.125 e. The third kappa shape index (κ3) is 4.02. The summed E-state index contributed by atoms with van der Waals surface area (Å²) in [5.74, 6) is 2.51. The lowest BCUT2D eigenvalue weighted by molar-refractivity contribution is -0.163. The van der Waals surface area contributed by atoms with E-state index >= 15 is 4.39 Å². The summed E-state index contributed by atoms with van der Waals surface area (Å²) in [7, 11) is 0. The van der Waals surface area contributed by atoms with Crippen LogP contribution in [0.1, 0.15) is 77.2 Å². The Bertz CT molecular complexity index is 1090. The number of fused-ring (bicyclic) bond motifs is 5. The molecule has 0 aromatic heterocycles. The molecule has 0 heterocycles. The molecule has 4 fully saturated rings. The summed E-state index contributed by atoms with van der Waals surface area (Å²) in [6, 6.07) is 6.02. The monoisotopic (exact) mass is 482 g/mol. The van der Waals surface area contributed by atoms with Gasteiger partial charge in [-0.1, -0.05) is 6.92 Å². The van der Waals surface area contributed by atoms with Crippen molar-refractivity contribution in [2.24, 2.45) is 35.0 Å². The fraction of sp³-hybridized carbons (Fsp3) is 0.690. The van der Waals surface area contributed by atoms with Crippen molar-refractivity contribution in [1.29, 1.82) is 5.26 Å². The second-order valence-corrected chi connectivity index (χ2v) is 12.2. The number of anilines is 1. The van der Waals surface area contributed by atoms with E-state index in [2.05, 4.69) is 18.2 Å². The molecular formula is C29H36F2N2O2. The standard InChI is InChI=1S/C29H36F2N2O2/c1-27(35)11-12-29(31)20(14-27)3-5-22-24-7-6-23(28(24,2)10-9-25(22)29)19(17-34)16-33-26-8-4-21(30)13-18(26)15-32/h4,8,13,20,22-25,33,35H,3,5-7,9-12,14,16H2,1-2H3/t20-,22+,23-,24+,25+,27-,28-,29-/m1/s1. The van der Waals surface area contributed by atoms with Crippen molar-refractivity contribution in [1.82, 2.24) is 0 Å². The molecule has 4 nitrogen and oxygen atoms in total. The zero-order valence-corrected chi connectivity index (χ0v) is 20.7. The Morgan fingerprint density at radius 2 is 1.94 bits per heavy atom. The Morgan fingerprint density at radius 3 is 2.69 bits per heavy atom. The molecule has 4 aliphatic carbocycles. The van der Waals surface area contributed by atoms with Crippen LogP contribution in [0.4, 0.5) is 14.5 Å². The second kappa shape index (κ2) is 8.71. The maximum Gasteiger partial charge on any atom is 0.125 e. The minimum atomic E-state index is -1.17. The van der Waals surface area contributed by atoms with Crippen LogP contribution in [0.3, 0.4) is 0 Å². The predicted octanol–water partition coefficient (Wildman–Crippen LogP) is 5.98. The van der Waals surface area contributed by atoms with Crippen molar-refractivity contribution in [3.8, 4) is 6.07 Å². The quantitative estimate of drug-likeness (QED) is 0.518. The highest BCUT2D eigenvalue weighted by atomic mass is 19.1. The zero-order valence-electron chi connectivity index (χ0n) is 20.7. The average Bonchev–Trinajstić information content (AvgIpc) is 3.18. The number of nitriles is 1. The molecule has 35 heavy (non-hydrogen) atoms. The second-order valence-electron chi connectivity index (χ2n) is 12.2. The molecule has 0 aliphatic heterocycles. The third-order valence-corrected chi connectivity index (χ3v) is 10.4. The number of halogens is 2. The van der Waals surface area contributed by atoms with Crippen LogP contribution in [0.5, 0.6) is 0 Å².